The molecule has 1 saturated carbocycles. The predicted octanol–water partition coefficient (Wildman–Crippen LogP) is 2.49. The van der Waals surface area contributed by atoms with Gasteiger partial charge in [0.25, 0.3) is 0 Å². The first-order chi connectivity index (χ1) is 13.6. The van der Waals surface area contributed by atoms with Crippen LogP contribution in [0.15, 0.2) is 58.5 Å². The SMILES string of the molecule is C=C(/N=C1\C(=C/N)N=C(Nc2ccccc2F)N1C1CCCC1)NCCCO. The molecule has 5 N–H and O–H groups in total. The molecule has 1 aliphatic heterocycles. The molecule has 3 rings (SSSR count). The fourth-order valence-corrected chi connectivity index (χ4v) is 3.42. The number of rotatable bonds is 7. The third-order valence-corrected chi connectivity index (χ3v) is 4.78. The van der Waals surface area contributed by atoms with Crippen molar-refractivity contribution in [3.05, 3.63) is 54.4 Å². The van der Waals surface area contributed by atoms with Crippen molar-refractivity contribution in [2.75, 3.05) is 18.5 Å². The van der Waals surface area contributed by atoms with Crippen LogP contribution in [0.1, 0.15) is 32.1 Å². The Hall–Kier alpha value is -2.87. The van der Waals surface area contributed by atoms with Crippen LogP contribution < -0.4 is 16.4 Å². The number of anilines is 1. The highest BCUT2D eigenvalue weighted by Gasteiger charge is 2.36. The summed E-state index contributed by atoms with van der Waals surface area (Å²) in [4.78, 5) is 11.2. The molecule has 0 spiro atoms. The van der Waals surface area contributed by atoms with Crippen molar-refractivity contribution in [3.63, 3.8) is 0 Å². The number of para-hydroxylation sites is 1. The Morgan fingerprint density at radius 3 is 2.82 bits per heavy atom. The predicted molar refractivity (Wildman–Crippen MR) is 110 cm³/mol. The van der Waals surface area contributed by atoms with Crippen molar-refractivity contribution in [2.45, 2.75) is 38.1 Å². The number of benzene rings is 1. The number of aliphatic imine (C=N–C) groups is 2. The number of amidine groups is 1. The number of halogens is 1. The van der Waals surface area contributed by atoms with Crippen molar-refractivity contribution in [1.82, 2.24) is 10.2 Å². The lowest BCUT2D eigenvalue weighted by atomic mass is 10.2. The van der Waals surface area contributed by atoms with E-state index in [2.05, 4.69) is 27.2 Å². The maximum absolute atomic E-state index is 14.2. The molecule has 0 bridgehead atoms. The highest BCUT2D eigenvalue weighted by atomic mass is 19.1. The Kier molecular flexibility index (Phi) is 6.65. The number of nitrogens with zero attached hydrogens (tertiary/aromatic N) is 3. The summed E-state index contributed by atoms with van der Waals surface area (Å²) in [6, 6.07) is 6.69. The van der Waals surface area contributed by atoms with E-state index in [1.807, 2.05) is 4.90 Å². The van der Waals surface area contributed by atoms with E-state index < -0.39 is 0 Å². The molecular weight excluding hydrogens is 359 g/mol. The molecular formula is C20H27FN6O. The number of hydrogen-bond acceptors (Lipinski definition) is 6. The second-order valence-corrected chi connectivity index (χ2v) is 6.79. The van der Waals surface area contributed by atoms with Crippen LogP contribution in [0.4, 0.5) is 10.1 Å². The Labute approximate surface area is 164 Å². The normalized spacial score (nSPS) is 20.1. The van der Waals surface area contributed by atoms with Gasteiger partial charge in [0.15, 0.2) is 5.84 Å². The fraction of sp³-hybridized carbons (Fsp3) is 0.400. The molecule has 1 aromatic carbocycles. The minimum Gasteiger partial charge on any atom is -0.403 e. The summed E-state index contributed by atoms with van der Waals surface area (Å²) in [5.74, 6) is 1.22. The Bertz CT molecular complexity index is 798. The highest BCUT2D eigenvalue weighted by Crippen LogP contribution is 2.30. The van der Waals surface area contributed by atoms with Crippen molar-refractivity contribution >= 4 is 17.5 Å². The third-order valence-electron chi connectivity index (χ3n) is 4.78. The van der Waals surface area contributed by atoms with Gasteiger partial charge in [-0.15, -0.1) is 0 Å². The lowest BCUT2D eigenvalue weighted by Crippen LogP contribution is -2.43. The van der Waals surface area contributed by atoms with E-state index >= 15 is 0 Å². The highest BCUT2D eigenvalue weighted by molar-refractivity contribution is 6.18. The molecule has 1 fully saturated rings. The van der Waals surface area contributed by atoms with Gasteiger partial charge >= 0.3 is 0 Å². The van der Waals surface area contributed by atoms with Gasteiger partial charge in [-0.3, -0.25) is 4.90 Å². The quantitative estimate of drug-likeness (QED) is 0.540. The van der Waals surface area contributed by atoms with Gasteiger partial charge in [0.05, 0.1) is 5.69 Å². The maximum atomic E-state index is 14.2. The van der Waals surface area contributed by atoms with E-state index in [1.54, 1.807) is 18.2 Å². The van der Waals surface area contributed by atoms with Gasteiger partial charge in [-0.2, -0.15) is 0 Å². The largest absolute Gasteiger partial charge is 0.403 e. The molecule has 150 valence electrons. The smallest absolute Gasteiger partial charge is 0.210 e. The van der Waals surface area contributed by atoms with Gasteiger partial charge in [-0.25, -0.2) is 14.4 Å². The summed E-state index contributed by atoms with van der Waals surface area (Å²) in [6.45, 7) is 4.60. The minimum absolute atomic E-state index is 0.0961. The number of nitrogens with one attached hydrogen (secondary N) is 2. The fourth-order valence-electron chi connectivity index (χ4n) is 3.42. The van der Waals surface area contributed by atoms with E-state index in [0.29, 0.717) is 42.0 Å². The van der Waals surface area contributed by atoms with Gasteiger partial charge in [-0.1, -0.05) is 31.6 Å². The molecule has 0 radical (unpaired) electrons. The third kappa shape index (κ3) is 4.51. The van der Waals surface area contributed by atoms with Crippen LogP contribution in [0.2, 0.25) is 0 Å². The number of aliphatic hydroxyl groups excluding tert-OH is 1. The second kappa shape index (κ2) is 9.36. The monoisotopic (exact) mass is 386 g/mol. The van der Waals surface area contributed by atoms with Crippen molar-refractivity contribution in [3.8, 4) is 0 Å². The van der Waals surface area contributed by atoms with Crippen LogP contribution in [0, 0.1) is 5.82 Å². The van der Waals surface area contributed by atoms with Gasteiger partial charge in [-0.05, 0) is 31.4 Å². The lowest BCUT2D eigenvalue weighted by molar-refractivity contribution is 0.288. The molecule has 0 aromatic heterocycles. The first-order valence-corrected chi connectivity index (χ1v) is 9.58. The van der Waals surface area contributed by atoms with Crippen LogP contribution in [-0.4, -0.2) is 41.0 Å². The second-order valence-electron chi connectivity index (χ2n) is 6.79. The molecule has 0 atom stereocenters. The van der Waals surface area contributed by atoms with Crippen LogP contribution in [0.5, 0.6) is 0 Å². The van der Waals surface area contributed by atoms with E-state index in [9.17, 15) is 4.39 Å². The Morgan fingerprint density at radius 1 is 1.39 bits per heavy atom. The van der Waals surface area contributed by atoms with E-state index in [4.69, 9.17) is 10.8 Å². The molecule has 0 saturated heterocycles. The molecule has 0 unspecified atom stereocenters. The average Bonchev–Trinajstić information content (AvgIpc) is 3.31. The van der Waals surface area contributed by atoms with Gasteiger partial charge < -0.3 is 21.5 Å². The Morgan fingerprint density at radius 2 is 2.14 bits per heavy atom. The molecule has 0 amide bonds. The zero-order valence-corrected chi connectivity index (χ0v) is 15.9. The van der Waals surface area contributed by atoms with Gasteiger partial charge in [0.1, 0.15) is 17.3 Å². The van der Waals surface area contributed by atoms with Gasteiger partial charge in [0.2, 0.25) is 5.96 Å². The molecule has 8 heteroatoms. The number of hydrogen-bond donors (Lipinski definition) is 4. The molecule has 28 heavy (non-hydrogen) atoms. The molecule has 1 aliphatic carbocycles. The number of guanidine groups is 1. The number of aliphatic hydroxyl groups is 1. The maximum Gasteiger partial charge on any atom is 0.210 e. The zero-order chi connectivity index (χ0) is 19.9. The summed E-state index contributed by atoms with van der Waals surface area (Å²) >= 11 is 0. The van der Waals surface area contributed by atoms with Crippen molar-refractivity contribution in [1.29, 1.82) is 0 Å². The standard InChI is InChI=1S/C20H27FN6O/c1-14(23-11-6-12-28)24-19-18(13-22)26-20(27(19)15-7-2-3-8-15)25-17-10-5-4-9-16(17)21/h4-5,9-10,13,15,23,28H,1-3,6-8,11-12,22H2,(H,25,26)/b18-13+,24-19+. The summed E-state index contributed by atoms with van der Waals surface area (Å²) in [5.41, 5.74) is 6.67. The van der Waals surface area contributed by atoms with E-state index in [-0.39, 0.29) is 18.5 Å². The van der Waals surface area contributed by atoms with E-state index in [0.717, 1.165) is 25.7 Å². The lowest BCUT2D eigenvalue weighted by Gasteiger charge is -2.28. The zero-order valence-electron chi connectivity index (χ0n) is 15.9. The van der Waals surface area contributed by atoms with Crippen LogP contribution in [-0.2, 0) is 0 Å². The van der Waals surface area contributed by atoms with Crippen LogP contribution in [0.25, 0.3) is 0 Å². The molecule has 2 aliphatic rings. The topological polar surface area (TPSA) is 98.3 Å². The van der Waals surface area contributed by atoms with Crippen molar-refractivity contribution in [2.24, 2.45) is 15.7 Å². The summed E-state index contributed by atoms with van der Waals surface area (Å²) in [5, 5.41) is 15.1. The Balaban J connectivity index is 1.88. The van der Waals surface area contributed by atoms with Crippen molar-refractivity contribution < 1.29 is 9.50 Å². The first-order valence-electron chi connectivity index (χ1n) is 9.58. The van der Waals surface area contributed by atoms with Crippen LogP contribution >= 0.6 is 0 Å². The summed E-state index contributed by atoms with van der Waals surface area (Å²) in [6.07, 6.45) is 6.25. The van der Waals surface area contributed by atoms with E-state index in [1.165, 1.54) is 12.3 Å². The van der Waals surface area contributed by atoms with Gasteiger partial charge in [0, 0.05) is 25.4 Å². The molecule has 1 aromatic rings. The molecule has 1 heterocycles. The average molecular weight is 386 g/mol. The number of nitrogens with two attached hydrogens (primary N) is 1. The van der Waals surface area contributed by atoms with Crippen LogP contribution in [0.3, 0.4) is 0 Å². The first kappa shape index (κ1) is 19.9. The minimum atomic E-state index is -0.352. The summed E-state index contributed by atoms with van der Waals surface area (Å²) < 4.78 is 14.2. The molecule has 7 nitrogen and oxygen atoms in total. The summed E-state index contributed by atoms with van der Waals surface area (Å²) in [7, 11) is 0.